The number of rotatable bonds is 8. The predicted octanol–water partition coefficient (Wildman–Crippen LogP) is 1.08. The monoisotopic (exact) mass is 258 g/mol. The van der Waals surface area contributed by atoms with Gasteiger partial charge in [0.15, 0.2) is 0 Å². The predicted molar refractivity (Wildman–Crippen MR) is 71.2 cm³/mol. The number of carbonyl (C=O) groups excluding carboxylic acids is 2. The lowest BCUT2D eigenvalue weighted by molar-refractivity contribution is -0.150. The molecule has 0 heterocycles. The van der Waals surface area contributed by atoms with E-state index >= 15 is 0 Å². The molecule has 1 amide bonds. The lowest BCUT2D eigenvalue weighted by Crippen LogP contribution is -2.44. The van der Waals surface area contributed by atoms with Gasteiger partial charge >= 0.3 is 5.97 Å². The van der Waals surface area contributed by atoms with Gasteiger partial charge in [0.25, 0.3) is 0 Å². The van der Waals surface area contributed by atoms with Crippen molar-refractivity contribution in [1.29, 1.82) is 0 Å². The maximum Gasteiger partial charge on any atom is 0.312 e. The molecule has 106 valence electrons. The molecule has 5 heteroatoms. The zero-order chi connectivity index (χ0) is 14.2. The van der Waals surface area contributed by atoms with Gasteiger partial charge in [-0.25, -0.2) is 0 Å². The van der Waals surface area contributed by atoms with E-state index < -0.39 is 5.41 Å². The standard InChI is InChI=1S/C13H26N2O3/c1-6-10(7-2)15-11(16)8-14-9-13(3,4)12(17)18-5/h10,14H,6-9H2,1-5H3,(H,15,16). The van der Waals surface area contributed by atoms with Crippen LogP contribution in [0.3, 0.4) is 0 Å². The van der Waals surface area contributed by atoms with Crippen molar-refractivity contribution in [2.45, 2.75) is 46.6 Å². The first-order valence-corrected chi connectivity index (χ1v) is 6.45. The maximum atomic E-state index is 11.6. The van der Waals surface area contributed by atoms with E-state index in [4.69, 9.17) is 4.74 Å². The van der Waals surface area contributed by atoms with Crippen molar-refractivity contribution in [2.75, 3.05) is 20.2 Å². The van der Waals surface area contributed by atoms with Crippen LogP contribution in [-0.4, -0.2) is 38.1 Å². The van der Waals surface area contributed by atoms with Gasteiger partial charge in [0.1, 0.15) is 0 Å². The summed E-state index contributed by atoms with van der Waals surface area (Å²) < 4.78 is 4.69. The Morgan fingerprint density at radius 2 is 1.78 bits per heavy atom. The van der Waals surface area contributed by atoms with Gasteiger partial charge in [0.05, 0.1) is 19.1 Å². The van der Waals surface area contributed by atoms with Crippen molar-refractivity contribution in [2.24, 2.45) is 5.41 Å². The van der Waals surface area contributed by atoms with Crippen LogP contribution in [0.15, 0.2) is 0 Å². The SMILES string of the molecule is CCC(CC)NC(=O)CNCC(C)(C)C(=O)OC. The van der Waals surface area contributed by atoms with Gasteiger partial charge in [-0.3, -0.25) is 9.59 Å². The molecule has 0 aromatic rings. The summed E-state index contributed by atoms with van der Waals surface area (Å²) in [6, 6.07) is 0.230. The first-order chi connectivity index (χ1) is 8.37. The van der Waals surface area contributed by atoms with Crippen molar-refractivity contribution in [1.82, 2.24) is 10.6 Å². The Hall–Kier alpha value is -1.10. The van der Waals surface area contributed by atoms with Gasteiger partial charge in [0.2, 0.25) is 5.91 Å². The van der Waals surface area contributed by atoms with E-state index in [9.17, 15) is 9.59 Å². The van der Waals surface area contributed by atoms with Crippen molar-refractivity contribution in [3.8, 4) is 0 Å². The minimum Gasteiger partial charge on any atom is -0.469 e. The zero-order valence-corrected chi connectivity index (χ0v) is 12.1. The van der Waals surface area contributed by atoms with E-state index in [1.165, 1.54) is 7.11 Å². The van der Waals surface area contributed by atoms with Crippen LogP contribution in [-0.2, 0) is 14.3 Å². The fourth-order valence-corrected chi connectivity index (χ4v) is 1.61. The number of amides is 1. The highest BCUT2D eigenvalue weighted by Gasteiger charge is 2.28. The second-order valence-corrected chi connectivity index (χ2v) is 5.06. The third-order valence-electron chi connectivity index (χ3n) is 2.94. The lowest BCUT2D eigenvalue weighted by Gasteiger charge is -2.22. The van der Waals surface area contributed by atoms with Crippen molar-refractivity contribution >= 4 is 11.9 Å². The minimum absolute atomic E-state index is 0.0376. The number of hydrogen-bond donors (Lipinski definition) is 2. The molecule has 0 bridgehead atoms. The van der Waals surface area contributed by atoms with Crippen LogP contribution in [0.25, 0.3) is 0 Å². The summed E-state index contributed by atoms with van der Waals surface area (Å²) in [6.45, 7) is 8.28. The molecule has 0 aliphatic carbocycles. The van der Waals surface area contributed by atoms with Gasteiger partial charge in [-0.05, 0) is 26.7 Å². The number of hydrogen-bond acceptors (Lipinski definition) is 4. The van der Waals surface area contributed by atoms with E-state index in [1.807, 2.05) is 13.8 Å². The molecule has 0 aromatic carbocycles. The van der Waals surface area contributed by atoms with Crippen molar-refractivity contribution < 1.29 is 14.3 Å². The molecule has 0 saturated carbocycles. The summed E-state index contributed by atoms with van der Waals surface area (Å²) >= 11 is 0. The third-order valence-corrected chi connectivity index (χ3v) is 2.94. The molecule has 18 heavy (non-hydrogen) atoms. The van der Waals surface area contributed by atoms with Gasteiger partial charge in [0, 0.05) is 12.6 Å². The summed E-state index contributed by atoms with van der Waals surface area (Å²) in [6.07, 6.45) is 1.85. The Kier molecular flexibility index (Phi) is 7.59. The number of nitrogens with one attached hydrogen (secondary N) is 2. The minimum atomic E-state index is -0.621. The molecule has 0 fully saturated rings. The molecule has 5 nitrogen and oxygen atoms in total. The van der Waals surface area contributed by atoms with Gasteiger partial charge in [-0.2, -0.15) is 0 Å². The highest BCUT2D eigenvalue weighted by molar-refractivity contribution is 5.79. The summed E-state index contributed by atoms with van der Waals surface area (Å²) in [7, 11) is 1.36. The molecular weight excluding hydrogens is 232 g/mol. The second-order valence-electron chi connectivity index (χ2n) is 5.06. The summed E-state index contributed by atoms with van der Waals surface area (Å²) in [5.41, 5.74) is -0.621. The molecule has 0 aliphatic rings. The van der Waals surface area contributed by atoms with E-state index in [1.54, 1.807) is 13.8 Å². The zero-order valence-electron chi connectivity index (χ0n) is 12.1. The van der Waals surface area contributed by atoms with Gasteiger partial charge in [-0.1, -0.05) is 13.8 Å². The van der Waals surface area contributed by atoms with Crippen molar-refractivity contribution in [3.63, 3.8) is 0 Å². The van der Waals surface area contributed by atoms with E-state index in [0.29, 0.717) is 6.54 Å². The first kappa shape index (κ1) is 16.9. The maximum absolute atomic E-state index is 11.6. The fourth-order valence-electron chi connectivity index (χ4n) is 1.61. The Morgan fingerprint density at radius 1 is 1.22 bits per heavy atom. The molecule has 0 saturated heterocycles. The topological polar surface area (TPSA) is 67.4 Å². The Balaban J connectivity index is 3.97. The Morgan fingerprint density at radius 3 is 2.22 bits per heavy atom. The van der Waals surface area contributed by atoms with Crippen LogP contribution in [0.5, 0.6) is 0 Å². The van der Waals surface area contributed by atoms with Gasteiger partial charge < -0.3 is 15.4 Å². The number of methoxy groups -OCH3 is 1. The van der Waals surface area contributed by atoms with Crippen molar-refractivity contribution in [3.05, 3.63) is 0 Å². The average molecular weight is 258 g/mol. The summed E-state index contributed by atoms with van der Waals surface area (Å²) in [4.78, 5) is 23.0. The van der Waals surface area contributed by atoms with Crippen LogP contribution in [0.4, 0.5) is 0 Å². The summed E-state index contributed by atoms with van der Waals surface area (Å²) in [5, 5.41) is 5.91. The fraction of sp³-hybridized carbons (Fsp3) is 0.846. The molecule has 0 rings (SSSR count). The number of esters is 1. The van der Waals surface area contributed by atoms with Crippen LogP contribution in [0.2, 0.25) is 0 Å². The van der Waals surface area contributed by atoms with Gasteiger partial charge in [-0.15, -0.1) is 0 Å². The van der Waals surface area contributed by atoms with Crippen LogP contribution in [0.1, 0.15) is 40.5 Å². The smallest absolute Gasteiger partial charge is 0.312 e. The number of ether oxygens (including phenoxy) is 1. The molecule has 2 N–H and O–H groups in total. The van der Waals surface area contributed by atoms with E-state index in [-0.39, 0.29) is 24.5 Å². The molecule has 0 aliphatic heterocycles. The molecule has 0 radical (unpaired) electrons. The van der Waals surface area contributed by atoms with E-state index in [2.05, 4.69) is 10.6 Å². The largest absolute Gasteiger partial charge is 0.469 e. The molecular formula is C13H26N2O3. The molecule has 0 atom stereocenters. The summed E-state index contributed by atoms with van der Waals surface area (Å²) in [5.74, 6) is -0.320. The molecule has 0 unspecified atom stereocenters. The quantitative estimate of drug-likeness (QED) is 0.639. The Bertz CT molecular complexity index is 273. The lowest BCUT2D eigenvalue weighted by atomic mass is 9.94. The van der Waals surface area contributed by atoms with Crippen LogP contribution < -0.4 is 10.6 Å². The third kappa shape index (κ3) is 6.00. The van der Waals surface area contributed by atoms with E-state index in [0.717, 1.165) is 12.8 Å². The highest BCUT2D eigenvalue weighted by atomic mass is 16.5. The van der Waals surface area contributed by atoms with Crippen LogP contribution >= 0.6 is 0 Å². The molecule has 0 spiro atoms. The highest BCUT2D eigenvalue weighted by Crippen LogP contribution is 2.14. The average Bonchev–Trinajstić information content (AvgIpc) is 2.34. The first-order valence-electron chi connectivity index (χ1n) is 6.45. The van der Waals surface area contributed by atoms with Crippen LogP contribution in [0, 0.1) is 5.41 Å². The Labute approximate surface area is 110 Å². The second kappa shape index (κ2) is 8.08. The molecule has 0 aromatic heterocycles. The normalized spacial score (nSPS) is 11.4. The number of carbonyl (C=O) groups is 2.